The SMILES string of the molecule is CCP(C)C(C)Oc1cc(N2C(=O)C3C=CCCC3C2=O)c(F)cc1Cl. The molecule has 4 nitrogen and oxygen atoms in total. The summed E-state index contributed by atoms with van der Waals surface area (Å²) in [5, 5.41) is 0.133. The molecule has 1 fully saturated rings. The summed E-state index contributed by atoms with van der Waals surface area (Å²) in [5.41, 5.74) is -0.0775. The number of hydrogen-bond acceptors (Lipinski definition) is 3. The lowest BCUT2D eigenvalue weighted by atomic mass is 9.86. The number of carbonyl (C=O) groups is 2. The lowest BCUT2D eigenvalue weighted by Crippen LogP contribution is -2.31. The molecule has 7 heteroatoms. The van der Waals surface area contributed by atoms with Gasteiger partial charge >= 0.3 is 0 Å². The Labute approximate surface area is 159 Å². The molecule has 1 aliphatic carbocycles. The first-order valence-electron chi connectivity index (χ1n) is 8.75. The standard InChI is InChI=1S/C19H22ClFNO3P/c1-4-26(3)11(2)25-17-10-16(15(21)9-14(17)20)22-18(23)12-7-5-6-8-13(12)19(22)24/h5,7,9-13H,4,6,8H2,1-3H3. The maximum atomic E-state index is 14.6. The van der Waals surface area contributed by atoms with Crippen molar-refractivity contribution in [1.82, 2.24) is 0 Å². The fraction of sp³-hybridized carbons (Fsp3) is 0.474. The van der Waals surface area contributed by atoms with Crippen molar-refractivity contribution in [2.45, 2.75) is 32.5 Å². The molecule has 0 spiro atoms. The molecule has 2 amide bonds. The van der Waals surface area contributed by atoms with Crippen LogP contribution in [0.1, 0.15) is 26.7 Å². The van der Waals surface area contributed by atoms with Crippen molar-refractivity contribution in [2.24, 2.45) is 11.8 Å². The van der Waals surface area contributed by atoms with Crippen molar-refractivity contribution in [3.05, 3.63) is 35.1 Å². The Morgan fingerprint density at radius 2 is 2.12 bits per heavy atom. The Balaban J connectivity index is 1.95. The minimum Gasteiger partial charge on any atom is -0.485 e. The van der Waals surface area contributed by atoms with Gasteiger partial charge in [-0.1, -0.05) is 38.6 Å². The van der Waals surface area contributed by atoms with Crippen LogP contribution in [0, 0.1) is 17.7 Å². The van der Waals surface area contributed by atoms with Gasteiger partial charge in [-0.05, 0) is 38.7 Å². The highest BCUT2D eigenvalue weighted by atomic mass is 35.5. The molecule has 0 aromatic heterocycles. The Kier molecular flexibility index (Phi) is 5.69. The number of carbonyl (C=O) groups excluding carboxylic acids is 2. The van der Waals surface area contributed by atoms with E-state index in [1.54, 1.807) is 6.08 Å². The van der Waals surface area contributed by atoms with E-state index in [0.29, 0.717) is 12.2 Å². The molecule has 1 aromatic carbocycles. The number of hydrogen-bond donors (Lipinski definition) is 0. The van der Waals surface area contributed by atoms with Gasteiger partial charge in [0.25, 0.3) is 0 Å². The molecule has 0 bridgehead atoms. The first-order chi connectivity index (χ1) is 12.3. The average molecular weight is 398 g/mol. The predicted octanol–water partition coefficient (Wildman–Crippen LogP) is 4.79. The molecule has 1 saturated heterocycles. The molecule has 4 atom stereocenters. The van der Waals surface area contributed by atoms with Gasteiger partial charge in [0.15, 0.2) is 0 Å². The number of nitrogens with zero attached hydrogens (tertiary/aromatic N) is 1. The summed E-state index contributed by atoms with van der Waals surface area (Å²) >= 11 is 6.14. The van der Waals surface area contributed by atoms with Crippen LogP contribution in [-0.4, -0.2) is 30.5 Å². The number of rotatable bonds is 5. The van der Waals surface area contributed by atoms with Crippen LogP contribution < -0.4 is 9.64 Å². The Morgan fingerprint density at radius 1 is 1.38 bits per heavy atom. The molecule has 4 unspecified atom stereocenters. The zero-order valence-electron chi connectivity index (χ0n) is 15.0. The summed E-state index contributed by atoms with van der Waals surface area (Å²) in [5.74, 6) is -2.12. The number of imide groups is 1. The molecule has 0 radical (unpaired) electrons. The van der Waals surface area contributed by atoms with Crippen LogP contribution in [0.25, 0.3) is 0 Å². The number of ether oxygens (including phenoxy) is 1. The Hall–Kier alpha value is -1.45. The molecule has 1 aromatic rings. The van der Waals surface area contributed by atoms with E-state index < -0.39 is 17.7 Å². The van der Waals surface area contributed by atoms with Crippen LogP contribution in [0.5, 0.6) is 5.75 Å². The maximum absolute atomic E-state index is 14.6. The van der Waals surface area contributed by atoms with Crippen molar-refractivity contribution < 1.29 is 18.7 Å². The lowest BCUT2D eigenvalue weighted by molar-refractivity contribution is -0.122. The largest absolute Gasteiger partial charge is 0.485 e. The highest BCUT2D eigenvalue weighted by Crippen LogP contribution is 2.43. The summed E-state index contributed by atoms with van der Waals surface area (Å²) in [4.78, 5) is 26.4. The number of benzene rings is 1. The minimum atomic E-state index is -0.700. The van der Waals surface area contributed by atoms with Gasteiger partial charge in [0.2, 0.25) is 11.8 Å². The summed E-state index contributed by atoms with van der Waals surface area (Å²) in [6, 6.07) is 2.49. The van der Waals surface area contributed by atoms with E-state index in [4.69, 9.17) is 16.3 Å². The van der Waals surface area contributed by atoms with Gasteiger partial charge in [0.05, 0.1) is 22.5 Å². The van der Waals surface area contributed by atoms with E-state index in [1.807, 2.05) is 13.0 Å². The second kappa shape index (κ2) is 7.66. The van der Waals surface area contributed by atoms with E-state index in [-0.39, 0.29) is 36.3 Å². The third-order valence-corrected chi connectivity index (χ3v) is 7.76. The number of amides is 2. The van der Waals surface area contributed by atoms with Crippen molar-refractivity contribution in [2.75, 3.05) is 17.7 Å². The monoisotopic (exact) mass is 397 g/mol. The van der Waals surface area contributed by atoms with Crippen LogP contribution in [0.15, 0.2) is 24.3 Å². The lowest BCUT2D eigenvalue weighted by Gasteiger charge is -2.23. The molecule has 0 saturated carbocycles. The highest BCUT2D eigenvalue weighted by Gasteiger charge is 2.48. The summed E-state index contributed by atoms with van der Waals surface area (Å²) in [7, 11) is -0.363. The summed E-state index contributed by atoms with van der Waals surface area (Å²) < 4.78 is 20.5. The van der Waals surface area contributed by atoms with Crippen molar-refractivity contribution in [3.8, 4) is 5.75 Å². The third-order valence-electron chi connectivity index (χ3n) is 5.12. The van der Waals surface area contributed by atoms with Gasteiger partial charge < -0.3 is 4.74 Å². The number of anilines is 1. The van der Waals surface area contributed by atoms with Crippen LogP contribution in [0.4, 0.5) is 10.1 Å². The number of halogens is 2. The van der Waals surface area contributed by atoms with Crippen LogP contribution in [0.2, 0.25) is 5.02 Å². The molecule has 2 aliphatic rings. The van der Waals surface area contributed by atoms with Crippen LogP contribution >= 0.6 is 19.5 Å². The molecular formula is C19H22ClFNO3P. The second-order valence-electron chi connectivity index (χ2n) is 6.67. The number of fused-ring (bicyclic) bond motifs is 1. The minimum absolute atomic E-state index is 0.0682. The van der Waals surface area contributed by atoms with Gasteiger partial charge in [0, 0.05) is 6.07 Å². The van der Waals surface area contributed by atoms with Crippen molar-refractivity contribution >= 4 is 37.0 Å². The smallest absolute Gasteiger partial charge is 0.241 e. The van der Waals surface area contributed by atoms with E-state index in [2.05, 4.69) is 13.6 Å². The van der Waals surface area contributed by atoms with Crippen LogP contribution in [-0.2, 0) is 9.59 Å². The van der Waals surface area contributed by atoms with E-state index in [0.717, 1.165) is 23.5 Å². The average Bonchev–Trinajstić information content (AvgIpc) is 2.88. The topological polar surface area (TPSA) is 46.6 Å². The first kappa shape index (κ1) is 19.3. The van der Waals surface area contributed by atoms with Gasteiger partial charge in [-0.25, -0.2) is 9.29 Å². The predicted molar refractivity (Wildman–Crippen MR) is 103 cm³/mol. The molecule has 0 N–H and O–H groups in total. The second-order valence-corrected chi connectivity index (χ2v) is 9.95. The zero-order valence-corrected chi connectivity index (χ0v) is 16.7. The number of allylic oxidation sites excluding steroid dienone is 1. The Bertz CT molecular complexity index is 769. The van der Waals surface area contributed by atoms with E-state index >= 15 is 0 Å². The molecule has 3 rings (SSSR count). The quantitative estimate of drug-likeness (QED) is 0.407. The zero-order chi connectivity index (χ0) is 19.0. The normalized spacial score (nSPS) is 24.6. The van der Waals surface area contributed by atoms with Crippen LogP contribution in [0.3, 0.4) is 0 Å². The van der Waals surface area contributed by atoms with Crippen molar-refractivity contribution in [3.63, 3.8) is 0 Å². The van der Waals surface area contributed by atoms with E-state index in [9.17, 15) is 14.0 Å². The van der Waals surface area contributed by atoms with Crippen molar-refractivity contribution in [1.29, 1.82) is 0 Å². The maximum Gasteiger partial charge on any atom is 0.241 e. The van der Waals surface area contributed by atoms with Gasteiger partial charge in [-0.2, -0.15) is 0 Å². The van der Waals surface area contributed by atoms with Gasteiger partial charge in [-0.15, -0.1) is 0 Å². The molecule has 1 aliphatic heterocycles. The molecule has 26 heavy (non-hydrogen) atoms. The molecular weight excluding hydrogens is 376 g/mol. The summed E-state index contributed by atoms with van der Waals surface area (Å²) in [6.45, 7) is 6.14. The molecule has 140 valence electrons. The third kappa shape index (κ3) is 3.39. The molecule has 1 heterocycles. The first-order valence-corrected chi connectivity index (χ1v) is 11.2. The van der Waals surface area contributed by atoms with Gasteiger partial charge in [-0.3, -0.25) is 9.59 Å². The fourth-order valence-electron chi connectivity index (χ4n) is 3.34. The summed E-state index contributed by atoms with van der Waals surface area (Å²) in [6.07, 6.45) is 6.00. The van der Waals surface area contributed by atoms with E-state index in [1.165, 1.54) is 6.07 Å². The highest BCUT2D eigenvalue weighted by molar-refractivity contribution is 7.57. The van der Waals surface area contributed by atoms with Gasteiger partial charge in [0.1, 0.15) is 17.4 Å². The Morgan fingerprint density at radius 3 is 2.77 bits per heavy atom. The fourth-order valence-corrected chi connectivity index (χ4v) is 4.34.